The Morgan fingerprint density at radius 3 is 2.88 bits per heavy atom. The number of aromatic nitrogens is 1. The van der Waals surface area contributed by atoms with Crippen LogP contribution in [0.1, 0.15) is 12.6 Å². The highest BCUT2D eigenvalue weighted by Crippen LogP contribution is 2.10. The van der Waals surface area contributed by atoms with E-state index in [2.05, 4.69) is 10.3 Å². The Balaban J connectivity index is 2.23. The lowest BCUT2D eigenvalue weighted by molar-refractivity contribution is 0.184. The van der Waals surface area contributed by atoms with E-state index in [0.717, 1.165) is 31.1 Å². The lowest BCUT2D eigenvalue weighted by atomic mass is 10.3. The highest BCUT2D eigenvalue weighted by molar-refractivity contribution is 5.19. The Labute approximate surface area is 97.0 Å². The van der Waals surface area contributed by atoms with Gasteiger partial charge in [0.25, 0.3) is 0 Å². The molecule has 1 N–H and O–H groups in total. The molecule has 0 saturated carbocycles. The third kappa shape index (κ3) is 5.09. The SMILES string of the molecule is COCCNCC(C)Oc1ccc(C)nc1. The predicted molar refractivity (Wildman–Crippen MR) is 63.8 cm³/mol. The van der Waals surface area contributed by atoms with E-state index in [1.165, 1.54) is 0 Å². The molecule has 0 spiro atoms. The first-order valence-electron chi connectivity index (χ1n) is 5.51. The Bertz CT molecular complexity index is 288. The first kappa shape index (κ1) is 12.9. The van der Waals surface area contributed by atoms with Crippen LogP contribution in [0.3, 0.4) is 0 Å². The van der Waals surface area contributed by atoms with Gasteiger partial charge in [-0.1, -0.05) is 0 Å². The van der Waals surface area contributed by atoms with Crippen molar-refractivity contribution in [2.45, 2.75) is 20.0 Å². The molecule has 0 bridgehead atoms. The van der Waals surface area contributed by atoms with Crippen LogP contribution in [0.4, 0.5) is 0 Å². The summed E-state index contributed by atoms with van der Waals surface area (Å²) in [5.74, 6) is 0.812. The van der Waals surface area contributed by atoms with E-state index < -0.39 is 0 Å². The second kappa shape index (κ2) is 7.19. The third-order valence-corrected chi connectivity index (χ3v) is 2.14. The molecule has 0 aromatic carbocycles. The number of ether oxygens (including phenoxy) is 2. The molecule has 0 aliphatic carbocycles. The quantitative estimate of drug-likeness (QED) is 0.711. The molecule has 0 saturated heterocycles. The molecule has 1 aromatic rings. The predicted octanol–water partition coefficient (Wildman–Crippen LogP) is 1.39. The average molecular weight is 224 g/mol. The maximum absolute atomic E-state index is 5.68. The first-order chi connectivity index (χ1) is 7.72. The van der Waals surface area contributed by atoms with Crippen LogP contribution in [-0.4, -0.2) is 37.9 Å². The minimum atomic E-state index is 0.126. The van der Waals surface area contributed by atoms with Crippen LogP contribution >= 0.6 is 0 Å². The second-order valence-electron chi connectivity index (χ2n) is 3.76. The average Bonchev–Trinajstić information content (AvgIpc) is 2.28. The van der Waals surface area contributed by atoms with Crippen molar-refractivity contribution in [3.63, 3.8) is 0 Å². The number of hydrogen-bond donors (Lipinski definition) is 1. The zero-order valence-corrected chi connectivity index (χ0v) is 10.2. The van der Waals surface area contributed by atoms with Crippen LogP contribution in [-0.2, 0) is 4.74 Å². The molecule has 0 aliphatic rings. The number of nitrogens with zero attached hydrogens (tertiary/aromatic N) is 1. The normalized spacial score (nSPS) is 12.4. The van der Waals surface area contributed by atoms with Crippen LogP contribution in [0.5, 0.6) is 5.75 Å². The second-order valence-corrected chi connectivity index (χ2v) is 3.76. The smallest absolute Gasteiger partial charge is 0.138 e. The highest BCUT2D eigenvalue weighted by atomic mass is 16.5. The van der Waals surface area contributed by atoms with Crippen molar-refractivity contribution < 1.29 is 9.47 Å². The van der Waals surface area contributed by atoms with Crippen LogP contribution in [0.15, 0.2) is 18.3 Å². The minimum absolute atomic E-state index is 0.126. The van der Waals surface area contributed by atoms with Crippen molar-refractivity contribution in [2.24, 2.45) is 0 Å². The summed E-state index contributed by atoms with van der Waals surface area (Å²) >= 11 is 0. The number of methoxy groups -OCH3 is 1. The topological polar surface area (TPSA) is 43.4 Å². The molecule has 1 atom stereocenters. The monoisotopic (exact) mass is 224 g/mol. The maximum atomic E-state index is 5.68. The van der Waals surface area contributed by atoms with Crippen molar-refractivity contribution in [1.82, 2.24) is 10.3 Å². The van der Waals surface area contributed by atoms with E-state index in [0.29, 0.717) is 0 Å². The lowest BCUT2D eigenvalue weighted by Crippen LogP contribution is -2.31. The fraction of sp³-hybridized carbons (Fsp3) is 0.583. The third-order valence-electron chi connectivity index (χ3n) is 2.14. The summed E-state index contributed by atoms with van der Waals surface area (Å²) in [4.78, 5) is 4.18. The van der Waals surface area contributed by atoms with Gasteiger partial charge in [-0.2, -0.15) is 0 Å². The number of nitrogens with one attached hydrogen (secondary N) is 1. The summed E-state index contributed by atoms with van der Waals surface area (Å²) in [7, 11) is 1.69. The molecule has 16 heavy (non-hydrogen) atoms. The van der Waals surface area contributed by atoms with E-state index in [4.69, 9.17) is 9.47 Å². The molecule has 4 nitrogen and oxygen atoms in total. The highest BCUT2D eigenvalue weighted by Gasteiger charge is 2.03. The summed E-state index contributed by atoms with van der Waals surface area (Å²) in [5, 5.41) is 3.25. The molecular formula is C12H20N2O2. The fourth-order valence-corrected chi connectivity index (χ4v) is 1.28. The maximum Gasteiger partial charge on any atom is 0.138 e. The van der Waals surface area contributed by atoms with Gasteiger partial charge in [0.1, 0.15) is 11.9 Å². The van der Waals surface area contributed by atoms with Crippen LogP contribution in [0.25, 0.3) is 0 Å². The molecule has 4 heteroatoms. The van der Waals surface area contributed by atoms with Gasteiger partial charge in [0.2, 0.25) is 0 Å². The minimum Gasteiger partial charge on any atom is -0.488 e. The molecular weight excluding hydrogens is 204 g/mol. The van der Waals surface area contributed by atoms with E-state index in [-0.39, 0.29) is 6.10 Å². The van der Waals surface area contributed by atoms with E-state index in [9.17, 15) is 0 Å². The lowest BCUT2D eigenvalue weighted by Gasteiger charge is -2.15. The molecule has 0 fully saturated rings. The summed E-state index contributed by atoms with van der Waals surface area (Å²) in [6.07, 6.45) is 1.88. The van der Waals surface area contributed by atoms with Crippen molar-refractivity contribution >= 4 is 0 Å². The molecule has 0 aliphatic heterocycles. The van der Waals surface area contributed by atoms with Gasteiger partial charge in [0.15, 0.2) is 0 Å². The Hall–Kier alpha value is -1.13. The molecule has 0 radical (unpaired) electrons. The van der Waals surface area contributed by atoms with Gasteiger partial charge in [0.05, 0.1) is 12.8 Å². The van der Waals surface area contributed by atoms with Crippen molar-refractivity contribution in [2.75, 3.05) is 26.8 Å². The van der Waals surface area contributed by atoms with Gasteiger partial charge < -0.3 is 14.8 Å². The van der Waals surface area contributed by atoms with E-state index in [1.54, 1.807) is 13.3 Å². The standard InChI is InChI=1S/C12H20N2O2/c1-10-4-5-12(9-14-10)16-11(2)8-13-6-7-15-3/h4-5,9,11,13H,6-8H2,1-3H3. The van der Waals surface area contributed by atoms with Crippen LogP contribution in [0.2, 0.25) is 0 Å². The first-order valence-corrected chi connectivity index (χ1v) is 5.51. The fourth-order valence-electron chi connectivity index (χ4n) is 1.28. The Kier molecular flexibility index (Phi) is 5.82. The number of rotatable bonds is 7. The summed E-state index contributed by atoms with van der Waals surface area (Å²) < 4.78 is 10.6. The molecule has 90 valence electrons. The van der Waals surface area contributed by atoms with Crippen LogP contribution in [0, 0.1) is 6.92 Å². The van der Waals surface area contributed by atoms with E-state index >= 15 is 0 Å². The molecule has 0 amide bonds. The number of aryl methyl sites for hydroxylation is 1. The zero-order valence-electron chi connectivity index (χ0n) is 10.2. The van der Waals surface area contributed by atoms with Crippen molar-refractivity contribution in [1.29, 1.82) is 0 Å². The van der Waals surface area contributed by atoms with Gasteiger partial charge in [-0.25, -0.2) is 0 Å². The number of pyridine rings is 1. The van der Waals surface area contributed by atoms with Gasteiger partial charge >= 0.3 is 0 Å². The van der Waals surface area contributed by atoms with E-state index in [1.807, 2.05) is 26.0 Å². The Morgan fingerprint density at radius 1 is 1.44 bits per heavy atom. The largest absolute Gasteiger partial charge is 0.488 e. The summed E-state index contributed by atoms with van der Waals surface area (Å²) in [6.45, 7) is 6.35. The Morgan fingerprint density at radius 2 is 2.25 bits per heavy atom. The van der Waals surface area contributed by atoms with Crippen molar-refractivity contribution in [3.05, 3.63) is 24.0 Å². The van der Waals surface area contributed by atoms with Gasteiger partial charge in [-0.3, -0.25) is 4.98 Å². The summed E-state index contributed by atoms with van der Waals surface area (Å²) in [5.41, 5.74) is 0.998. The summed E-state index contributed by atoms with van der Waals surface area (Å²) in [6, 6.07) is 3.88. The molecule has 1 aromatic heterocycles. The van der Waals surface area contributed by atoms with Gasteiger partial charge in [-0.15, -0.1) is 0 Å². The van der Waals surface area contributed by atoms with Gasteiger partial charge in [0, 0.05) is 25.9 Å². The van der Waals surface area contributed by atoms with Crippen molar-refractivity contribution in [3.8, 4) is 5.75 Å². The zero-order chi connectivity index (χ0) is 11.8. The molecule has 1 rings (SSSR count). The van der Waals surface area contributed by atoms with Gasteiger partial charge in [-0.05, 0) is 26.0 Å². The molecule has 1 unspecified atom stereocenters. The molecule has 1 heterocycles. The number of hydrogen-bond acceptors (Lipinski definition) is 4. The van der Waals surface area contributed by atoms with Crippen LogP contribution < -0.4 is 10.1 Å².